The molecule has 7 heteroatoms. The Morgan fingerprint density at radius 1 is 1.09 bits per heavy atom. The molecule has 0 bridgehead atoms. The van der Waals surface area contributed by atoms with Crippen molar-refractivity contribution < 1.29 is 19.4 Å². The van der Waals surface area contributed by atoms with Gasteiger partial charge in [-0.15, -0.1) is 0 Å². The van der Waals surface area contributed by atoms with Crippen molar-refractivity contribution in [3.8, 4) is 5.75 Å². The predicted molar refractivity (Wildman–Crippen MR) is 140 cm³/mol. The Labute approximate surface area is 213 Å². The third kappa shape index (κ3) is 5.54. The van der Waals surface area contributed by atoms with Crippen LogP contribution in [0.3, 0.4) is 0 Å². The number of ether oxygens (including phenoxy) is 1. The van der Waals surface area contributed by atoms with Crippen molar-refractivity contribution in [3.05, 3.63) is 69.8 Å². The number of methoxy groups -OCH3 is 1. The topological polar surface area (TPSA) is 70.1 Å². The van der Waals surface area contributed by atoms with Crippen LogP contribution >= 0.6 is 11.6 Å². The lowest BCUT2D eigenvalue weighted by atomic mass is 9.85. The highest BCUT2D eigenvalue weighted by Gasteiger charge is 2.46. The maximum absolute atomic E-state index is 13.3. The number of rotatable bonds is 8. The molecule has 1 fully saturated rings. The molecule has 1 aliphatic heterocycles. The summed E-state index contributed by atoms with van der Waals surface area (Å²) in [4.78, 5) is 30.3. The van der Waals surface area contributed by atoms with E-state index in [4.69, 9.17) is 16.3 Å². The number of aliphatic hydroxyl groups excluding tert-OH is 1. The molecule has 0 spiro atoms. The van der Waals surface area contributed by atoms with E-state index >= 15 is 0 Å². The molecule has 0 aromatic heterocycles. The molecule has 2 aromatic rings. The van der Waals surface area contributed by atoms with E-state index in [2.05, 4.69) is 39.5 Å². The normalized spacial score (nSPS) is 17.9. The number of nitrogens with zero attached hydrogens (tertiary/aromatic N) is 2. The molecule has 35 heavy (non-hydrogen) atoms. The SMILES string of the molecule is CCN(CC)CCN1C(=O)C(=O)/C(=C(/O)c2cc(Cl)ccc2OC)C1c1ccc(C(C)(C)C)cc1. The number of carbonyl (C=O) groups is 2. The molecular weight excluding hydrogens is 464 g/mol. The highest BCUT2D eigenvalue weighted by molar-refractivity contribution is 6.46. The van der Waals surface area contributed by atoms with Gasteiger partial charge in [-0.3, -0.25) is 9.59 Å². The van der Waals surface area contributed by atoms with E-state index in [1.54, 1.807) is 23.1 Å². The summed E-state index contributed by atoms with van der Waals surface area (Å²) in [5.41, 5.74) is 2.17. The van der Waals surface area contributed by atoms with E-state index in [1.165, 1.54) is 7.11 Å². The van der Waals surface area contributed by atoms with Crippen LogP contribution < -0.4 is 4.74 Å². The van der Waals surface area contributed by atoms with Gasteiger partial charge in [0.1, 0.15) is 11.5 Å². The maximum Gasteiger partial charge on any atom is 0.295 e. The van der Waals surface area contributed by atoms with Crippen molar-refractivity contribution in [2.24, 2.45) is 0 Å². The highest BCUT2D eigenvalue weighted by atomic mass is 35.5. The van der Waals surface area contributed by atoms with Gasteiger partial charge in [0.05, 0.1) is 24.3 Å². The second-order valence-electron chi connectivity index (χ2n) is 9.74. The van der Waals surface area contributed by atoms with Crippen LogP contribution in [0.4, 0.5) is 0 Å². The third-order valence-electron chi connectivity index (χ3n) is 6.60. The molecule has 1 atom stereocenters. The van der Waals surface area contributed by atoms with Crippen LogP contribution in [0.1, 0.15) is 57.4 Å². The van der Waals surface area contributed by atoms with Gasteiger partial charge in [-0.2, -0.15) is 0 Å². The largest absolute Gasteiger partial charge is 0.507 e. The summed E-state index contributed by atoms with van der Waals surface area (Å²) in [6, 6.07) is 12.0. The molecule has 1 N–H and O–H groups in total. The number of halogens is 1. The number of likely N-dealkylation sites (tertiary alicyclic amines) is 1. The fourth-order valence-electron chi connectivity index (χ4n) is 4.42. The number of carbonyl (C=O) groups excluding carboxylic acids is 2. The standard InChI is InChI=1S/C28H35ClN2O4/c1-7-30(8-2)15-16-31-24(18-9-11-19(12-10-18)28(3,4)5)23(26(33)27(31)34)25(32)21-17-20(29)13-14-22(21)35-6/h9-14,17,24,32H,7-8,15-16H2,1-6H3/b25-23+. The average Bonchev–Trinajstić information content (AvgIpc) is 3.08. The fourth-order valence-corrected chi connectivity index (χ4v) is 4.59. The molecule has 1 amide bonds. The zero-order valence-corrected chi connectivity index (χ0v) is 22.1. The molecule has 0 aliphatic carbocycles. The van der Waals surface area contributed by atoms with Crippen molar-refractivity contribution in [3.63, 3.8) is 0 Å². The number of Topliss-reactive ketones (excluding diaryl/α,β-unsaturated/α-hetero) is 1. The highest BCUT2D eigenvalue weighted by Crippen LogP contribution is 2.41. The number of benzene rings is 2. The van der Waals surface area contributed by atoms with E-state index in [1.807, 2.05) is 24.3 Å². The molecule has 0 radical (unpaired) electrons. The van der Waals surface area contributed by atoms with Gasteiger partial charge in [-0.05, 0) is 47.8 Å². The van der Waals surface area contributed by atoms with Gasteiger partial charge in [0.25, 0.3) is 11.7 Å². The monoisotopic (exact) mass is 498 g/mol. The summed E-state index contributed by atoms with van der Waals surface area (Å²) in [7, 11) is 1.48. The minimum Gasteiger partial charge on any atom is -0.507 e. The third-order valence-corrected chi connectivity index (χ3v) is 6.84. The van der Waals surface area contributed by atoms with Crippen molar-refractivity contribution in [2.45, 2.75) is 46.1 Å². The molecule has 188 valence electrons. The summed E-state index contributed by atoms with van der Waals surface area (Å²) in [6.45, 7) is 13.2. The van der Waals surface area contributed by atoms with Crippen LogP contribution in [0, 0.1) is 0 Å². The molecule has 1 heterocycles. The smallest absolute Gasteiger partial charge is 0.295 e. The molecule has 1 unspecified atom stereocenters. The number of hydrogen-bond acceptors (Lipinski definition) is 5. The number of aliphatic hydroxyl groups is 1. The van der Waals surface area contributed by atoms with Crippen molar-refractivity contribution in [1.29, 1.82) is 0 Å². The zero-order chi connectivity index (χ0) is 25.9. The van der Waals surface area contributed by atoms with Gasteiger partial charge in [0.2, 0.25) is 0 Å². The number of amides is 1. The van der Waals surface area contributed by atoms with Gasteiger partial charge in [0.15, 0.2) is 0 Å². The van der Waals surface area contributed by atoms with E-state index in [0.29, 0.717) is 23.9 Å². The lowest BCUT2D eigenvalue weighted by Gasteiger charge is -2.29. The van der Waals surface area contributed by atoms with Crippen LogP contribution in [-0.4, -0.2) is 59.9 Å². The Hall–Kier alpha value is -2.83. The van der Waals surface area contributed by atoms with Gasteiger partial charge >= 0.3 is 0 Å². The second kappa shape index (κ2) is 10.8. The number of likely N-dealkylation sites (N-methyl/N-ethyl adjacent to an activating group) is 1. The van der Waals surface area contributed by atoms with E-state index in [0.717, 1.165) is 24.2 Å². The summed E-state index contributed by atoms with van der Waals surface area (Å²) in [6.07, 6.45) is 0. The van der Waals surface area contributed by atoms with E-state index < -0.39 is 17.7 Å². The lowest BCUT2D eigenvalue weighted by Crippen LogP contribution is -2.38. The van der Waals surface area contributed by atoms with Gasteiger partial charge in [-0.1, -0.05) is 70.5 Å². The minimum absolute atomic E-state index is 0.0404. The summed E-state index contributed by atoms with van der Waals surface area (Å²) in [5.74, 6) is -1.26. The van der Waals surface area contributed by atoms with Gasteiger partial charge in [-0.25, -0.2) is 0 Å². The Bertz CT molecular complexity index is 1110. The first-order valence-electron chi connectivity index (χ1n) is 12.0. The van der Waals surface area contributed by atoms with E-state index in [9.17, 15) is 14.7 Å². The van der Waals surface area contributed by atoms with Crippen molar-refractivity contribution in [1.82, 2.24) is 9.80 Å². The molecule has 6 nitrogen and oxygen atoms in total. The summed E-state index contributed by atoms with van der Waals surface area (Å²) in [5, 5.41) is 11.8. The van der Waals surface area contributed by atoms with Crippen LogP contribution in [-0.2, 0) is 15.0 Å². The van der Waals surface area contributed by atoms with Gasteiger partial charge in [0, 0.05) is 18.1 Å². The van der Waals surface area contributed by atoms with Crippen LogP contribution in [0.2, 0.25) is 5.02 Å². The Kier molecular flexibility index (Phi) is 8.29. The van der Waals surface area contributed by atoms with Crippen molar-refractivity contribution >= 4 is 29.1 Å². The first kappa shape index (κ1) is 26.8. The Morgan fingerprint density at radius 3 is 2.26 bits per heavy atom. The Morgan fingerprint density at radius 2 is 1.71 bits per heavy atom. The predicted octanol–water partition coefficient (Wildman–Crippen LogP) is 5.41. The van der Waals surface area contributed by atoms with Gasteiger partial charge < -0.3 is 19.6 Å². The van der Waals surface area contributed by atoms with Crippen LogP contribution in [0.25, 0.3) is 5.76 Å². The number of ketones is 1. The fraction of sp³-hybridized carbons (Fsp3) is 0.429. The first-order chi connectivity index (χ1) is 16.5. The maximum atomic E-state index is 13.3. The molecule has 1 saturated heterocycles. The van der Waals surface area contributed by atoms with Crippen LogP contribution in [0.5, 0.6) is 5.75 Å². The molecule has 1 aliphatic rings. The molecule has 2 aromatic carbocycles. The quantitative estimate of drug-likeness (QED) is 0.299. The summed E-state index contributed by atoms with van der Waals surface area (Å²) >= 11 is 6.19. The Balaban J connectivity index is 2.17. The zero-order valence-electron chi connectivity index (χ0n) is 21.4. The lowest BCUT2D eigenvalue weighted by molar-refractivity contribution is -0.140. The average molecular weight is 499 g/mol. The van der Waals surface area contributed by atoms with E-state index in [-0.39, 0.29) is 22.3 Å². The summed E-state index contributed by atoms with van der Waals surface area (Å²) < 4.78 is 5.40. The first-order valence-corrected chi connectivity index (χ1v) is 12.4. The minimum atomic E-state index is -0.719. The van der Waals surface area contributed by atoms with Crippen molar-refractivity contribution in [2.75, 3.05) is 33.3 Å². The van der Waals surface area contributed by atoms with Crippen LogP contribution in [0.15, 0.2) is 48.0 Å². The number of hydrogen-bond donors (Lipinski definition) is 1. The molecular formula is C28H35ClN2O4. The molecule has 3 rings (SSSR count). The molecule has 0 saturated carbocycles. The second-order valence-corrected chi connectivity index (χ2v) is 10.2.